The Balaban J connectivity index is 2.22. The van der Waals surface area contributed by atoms with Crippen molar-refractivity contribution in [3.8, 4) is 0 Å². The summed E-state index contributed by atoms with van der Waals surface area (Å²) in [5.41, 5.74) is 0.0762. The molecule has 1 aromatic rings. The van der Waals surface area contributed by atoms with E-state index in [0.717, 1.165) is 0 Å². The Morgan fingerprint density at radius 1 is 1.26 bits per heavy atom. The quantitative estimate of drug-likeness (QED) is 0.635. The molecule has 1 aliphatic heterocycles. The molecule has 0 radical (unpaired) electrons. The molecule has 1 heterocycles. The molecule has 104 valence electrons. The first-order chi connectivity index (χ1) is 9.00. The maximum Gasteiger partial charge on any atom is 0.273 e. The van der Waals surface area contributed by atoms with E-state index >= 15 is 0 Å². The molecule has 7 nitrogen and oxygen atoms in total. The van der Waals surface area contributed by atoms with Crippen molar-refractivity contribution < 1.29 is 13.3 Å². The number of piperazine rings is 1. The minimum Gasteiger partial charge on any atom is -0.314 e. The summed E-state index contributed by atoms with van der Waals surface area (Å²) in [5, 5.41) is 13.9. The van der Waals surface area contributed by atoms with Crippen molar-refractivity contribution in [2.45, 2.75) is 5.75 Å². The van der Waals surface area contributed by atoms with E-state index in [1.54, 1.807) is 6.07 Å². The maximum absolute atomic E-state index is 12.2. The zero-order valence-electron chi connectivity index (χ0n) is 10.3. The van der Waals surface area contributed by atoms with Gasteiger partial charge in [0.05, 0.1) is 10.7 Å². The third-order valence-electron chi connectivity index (χ3n) is 3.00. The molecule has 1 aliphatic rings. The first-order valence-corrected chi connectivity index (χ1v) is 7.52. The van der Waals surface area contributed by atoms with E-state index in [9.17, 15) is 18.5 Å². The van der Waals surface area contributed by atoms with Gasteiger partial charge >= 0.3 is 0 Å². The average molecular weight is 285 g/mol. The van der Waals surface area contributed by atoms with E-state index in [4.69, 9.17) is 0 Å². The minimum absolute atomic E-state index is 0.152. The van der Waals surface area contributed by atoms with Crippen LogP contribution in [0.5, 0.6) is 0 Å². The average Bonchev–Trinajstić information content (AvgIpc) is 2.39. The summed E-state index contributed by atoms with van der Waals surface area (Å²) in [5.74, 6) is -0.329. The molecule has 0 amide bonds. The highest BCUT2D eigenvalue weighted by Crippen LogP contribution is 2.21. The molecule has 1 N–H and O–H groups in total. The third-order valence-corrected chi connectivity index (χ3v) is 4.82. The highest BCUT2D eigenvalue weighted by molar-refractivity contribution is 7.88. The van der Waals surface area contributed by atoms with Gasteiger partial charge in [-0.25, -0.2) is 8.42 Å². The highest BCUT2D eigenvalue weighted by Gasteiger charge is 2.26. The fraction of sp³-hybridized carbons (Fsp3) is 0.455. The van der Waals surface area contributed by atoms with E-state index in [1.807, 2.05) is 0 Å². The zero-order valence-corrected chi connectivity index (χ0v) is 11.1. The van der Waals surface area contributed by atoms with Crippen molar-refractivity contribution in [1.29, 1.82) is 0 Å². The second kappa shape index (κ2) is 5.64. The van der Waals surface area contributed by atoms with Crippen LogP contribution < -0.4 is 5.32 Å². The lowest BCUT2D eigenvalue weighted by molar-refractivity contribution is -0.385. The van der Waals surface area contributed by atoms with Gasteiger partial charge in [0.25, 0.3) is 5.69 Å². The fourth-order valence-electron chi connectivity index (χ4n) is 2.02. The molecular weight excluding hydrogens is 270 g/mol. The van der Waals surface area contributed by atoms with Gasteiger partial charge < -0.3 is 5.32 Å². The molecule has 0 bridgehead atoms. The number of nitro benzene ring substituents is 1. The van der Waals surface area contributed by atoms with Gasteiger partial charge in [0.15, 0.2) is 0 Å². The minimum atomic E-state index is -3.50. The van der Waals surface area contributed by atoms with E-state index < -0.39 is 14.9 Å². The Bertz CT molecular complexity index is 567. The predicted octanol–water partition coefficient (Wildman–Crippen LogP) is 0.330. The molecule has 0 unspecified atom stereocenters. The van der Waals surface area contributed by atoms with Crippen LogP contribution in [0.2, 0.25) is 0 Å². The van der Waals surface area contributed by atoms with Crippen molar-refractivity contribution in [2.24, 2.45) is 0 Å². The molecule has 0 spiro atoms. The fourth-order valence-corrected chi connectivity index (χ4v) is 3.58. The molecule has 8 heteroatoms. The summed E-state index contributed by atoms with van der Waals surface area (Å²) < 4.78 is 25.8. The Kier molecular flexibility index (Phi) is 4.13. The second-order valence-corrected chi connectivity index (χ2v) is 6.26. The lowest BCUT2D eigenvalue weighted by atomic mass is 10.2. The molecule has 0 saturated carbocycles. The number of para-hydroxylation sites is 1. The molecule has 19 heavy (non-hydrogen) atoms. The summed E-state index contributed by atoms with van der Waals surface area (Å²) in [4.78, 5) is 10.3. The van der Waals surface area contributed by atoms with Crippen LogP contribution in [0, 0.1) is 10.1 Å². The standard InChI is InChI=1S/C11H15N3O4S/c15-14(16)11-4-2-1-3-10(11)9-19(17,18)13-7-5-12-6-8-13/h1-4,12H,5-9H2. The lowest BCUT2D eigenvalue weighted by Crippen LogP contribution is -2.46. The first kappa shape index (κ1) is 13.9. The van der Waals surface area contributed by atoms with Gasteiger partial charge in [0.2, 0.25) is 10.0 Å². The summed E-state index contributed by atoms with van der Waals surface area (Å²) >= 11 is 0. The van der Waals surface area contributed by atoms with Gasteiger partial charge in [-0.1, -0.05) is 18.2 Å². The number of nitrogens with one attached hydrogen (secondary N) is 1. The largest absolute Gasteiger partial charge is 0.314 e. The molecule has 2 rings (SSSR count). The van der Waals surface area contributed by atoms with Crippen molar-refractivity contribution in [2.75, 3.05) is 26.2 Å². The number of sulfonamides is 1. The molecule has 1 saturated heterocycles. The molecule has 0 atom stereocenters. The summed E-state index contributed by atoms with van der Waals surface area (Å²) in [6.07, 6.45) is 0. The van der Waals surface area contributed by atoms with Gasteiger partial charge in [-0.15, -0.1) is 0 Å². The number of nitrogens with zero attached hydrogens (tertiary/aromatic N) is 2. The Labute approximate surface area is 111 Å². The van der Waals surface area contributed by atoms with Crippen molar-refractivity contribution >= 4 is 15.7 Å². The van der Waals surface area contributed by atoms with Crippen LogP contribution in [0.15, 0.2) is 24.3 Å². The van der Waals surface area contributed by atoms with Gasteiger partial charge in [0, 0.05) is 37.8 Å². The third kappa shape index (κ3) is 3.28. The normalized spacial score (nSPS) is 17.3. The molecule has 1 aromatic carbocycles. The monoisotopic (exact) mass is 285 g/mol. The SMILES string of the molecule is O=[N+]([O-])c1ccccc1CS(=O)(=O)N1CCNCC1. The number of benzene rings is 1. The van der Waals surface area contributed by atoms with E-state index in [2.05, 4.69) is 5.32 Å². The number of nitro groups is 1. The smallest absolute Gasteiger partial charge is 0.273 e. The van der Waals surface area contributed by atoms with Crippen LogP contribution in [-0.4, -0.2) is 43.8 Å². The zero-order chi connectivity index (χ0) is 13.9. The van der Waals surface area contributed by atoms with Gasteiger partial charge in [0.1, 0.15) is 0 Å². The van der Waals surface area contributed by atoms with E-state index in [0.29, 0.717) is 26.2 Å². The van der Waals surface area contributed by atoms with Crippen LogP contribution in [0.3, 0.4) is 0 Å². The predicted molar refractivity (Wildman–Crippen MR) is 70.2 cm³/mol. The maximum atomic E-state index is 12.2. The van der Waals surface area contributed by atoms with Gasteiger partial charge in [-0.2, -0.15) is 4.31 Å². The lowest BCUT2D eigenvalue weighted by Gasteiger charge is -2.26. The second-order valence-electron chi connectivity index (χ2n) is 4.29. The Morgan fingerprint density at radius 2 is 1.89 bits per heavy atom. The topological polar surface area (TPSA) is 92.5 Å². The van der Waals surface area contributed by atoms with E-state index in [-0.39, 0.29) is 17.0 Å². The summed E-state index contributed by atoms with van der Waals surface area (Å²) in [7, 11) is -3.50. The van der Waals surface area contributed by atoms with Crippen molar-refractivity contribution in [3.05, 3.63) is 39.9 Å². The number of rotatable bonds is 4. The molecule has 1 fully saturated rings. The molecular formula is C11H15N3O4S. The molecule has 0 aliphatic carbocycles. The summed E-state index contributed by atoms with van der Waals surface area (Å²) in [6, 6.07) is 5.94. The van der Waals surface area contributed by atoms with E-state index in [1.165, 1.54) is 22.5 Å². The first-order valence-electron chi connectivity index (χ1n) is 5.91. The van der Waals surface area contributed by atoms with Crippen LogP contribution in [0.4, 0.5) is 5.69 Å². The Hall–Kier alpha value is -1.51. The van der Waals surface area contributed by atoms with Crippen LogP contribution >= 0.6 is 0 Å². The Morgan fingerprint density at radius 3 is 2.53 bits per heavy atom. The van der Waals surface area contributed by atoms with Crippen molar-refractivity contribution in [3.63, 3.8) is 0 Å². The number of hydrogen-bond acceptors (Lipinski definition) is 5. The highest BCUT2D eigenvalue weighted by atomic mass is 32.2. The van der Waals surface area contributed by atoms with Gasteiger partial charge in [-0.05, 0) is 0 Å². The summed E-state index contributed by atoms with van der Waals surface area (Å²) in [6.45, 7) is 2.03. The number of hydrogen-bond donors (Lipinski definition) is 1. The van der Waals surface area contributed by atoms with Crippen LogP contribution in [-0.2, 0) is 15.8 Å². The van der Waals surface area contributed by atoms with Gasteiger partial charge in [-0.3, -0.25) is 10.1 Å². The van der Waals surface area contributed by atoms with Crippen molar-refractivity contribution in [1.82, 2.24) is 9.62 Å². The van der Waals surface area contributed by atoms with Crippen LogP contribution in [0.1, 0.15) is 5.56 Å². The molecule has 0 aromatic heterocycles. The van der Waals surface area contributed by atoms with Crippen LogP contribution in [0.25, 0.3) is 0 Å².